The minimum atomic E-state index is -1.04. The number of benzene rings is 3. The predicted molar refractivity (Wildman–Crippen MR) is 268 cm³/mol. The van der Waals surface area contributed by atoms with Gasteiger partial charge in [0, 0.05) is 82.5 Å². The molecule has 388 valence electrons. The maximum atomic E-state index is 13.9. The van der Waals surface area contributed by atoms with Crippen molar-refractivity contribution in [3.63, 3.8) is 0 Å². The van der Waals surface area contributed by atoms with Crippen LogP contribution in [-0.4, -0.2) is 131 Å². The number of rotatable bonds is 25. The van der Waals surface area contributed by atoms with Gasteiger partial charge in [-0.2, -0.15) is 0 Å². The lowest BCUT2D eigenvalue weighted by Crippen LogP contribution is -2.49. The molecule has 0 fully saturated rings. The summed E-state index contributed by atoms with van der Waals surface area (Å²) in [5.74, 6) is -5.45. The smallest absolute Gasteiger partial charge is 0.410 e. The van der Waals surface area contributed by atoms with Crippen molar-refractivity contribution in [1.82, 2.24) is 30.2 Å². The van der Waals surface area contributed by atoms with E-state index in [2.05, 4.69) is 16.0 Å². The topological polar surface area (TPSA) is 264 Å². The molecular weight excluding hydrogens is 941 g/mol. The minimum absolute atomic E-state index is 0.0968. The first kappa shape index (κ1) is 55.8. The molecule has 2 heterocycles. The van der Waals surface area contributed by atoms with Gasteiger partial charge in [-0.25, -0.2) is 14.4 Å². The van der Waals surface area contributed by atoms with E-state index in [-0.39, 0.29) is 64.9 Å². The summed E-state index contributed by atoms with van der Waals surface area (Å²) in [4.78, 5) is 132. The number of nitrogens with one attached hydrogen (secondary N) is 3. The SMILES string of the molecule is CC(C)[C@H](NC(=O)CCC(CN1C(=O)C=CC1=O)N1C(=O)C=CC1=O)C(=O)C[C@@H](CCCNC(N)=O)C(=O)Nc1ccc(COC(=O)N(C)CCN(C)C(=O)OC(C)(C)c2ccc(-c3ccccc3)cc2)cc1. The number of Topliss-reactive ketones (excluding diaryl/α,β-unsaturated/α-hetero) is 1. The van der Waals surface area contributed by atoms with Gasteiger partial charge in [0.15, 0.2) is 5.78 Å². The summed E-state index contributed by atoms with van der Waals surface area (Å²) in [5.41, 5.74) is 8.22. The molecule has 0 aromatic heterocycles. The Kier molecular flexibility index (Phi) is 19.7. The molecule has 3 aromatic rings. The number of amides is 10. The van der Waals surface area contributed by atoms with Gasteiger partial charge in [-0.1, -0.05) is 80.6 Å². The van der Waals surface area contributed by atoms with Crippen molar-refractivity contribution in [2.45, 2.75) is 84.1 Å². The summed E-state index contributed by atoms with van der Waals surface area (Å²) in [6, 6.07) is 21.5. The molecule has 0 aliphatic carbocycles. The van der Waals surface area contributed by atoms with Gasteiger partial charge in [-0.3, -0.25) is 43.4 Å². The second-order valence-electron chi connectivity index (χ2n) is 18.7. The summed E-state index contributed by atoms with van der Waals surface area (Å²) in [7, 11) is 3.13. The van der Waals surface area contributed by atoms with Gasteiger partial charge in [0.05, 0.1) is 18.6 Å². The van der Waals surface area contributed by atoms with Crippen LogP contribution in [0.3, 0.4) is 0 Å². The van der Waals surface area contributed by atoms with Crippen molar-refractivity contribution in [2.24, 2.45) is 17.6 Å². The number of nitrogens with two attached hydrogens (primary N) is 1. The van der Waals surface area contributed by atoms with E-state index in [9.17, 15) is 47.9 Å². The van der Waals surface area contributed by atoms with Crippen molar-refractivity contribution in [3.8, 4) is 11.1 Å². The molecule has 20 nitrogen and oxygen atoms in total. The fraction of sp³-hybridized carbons (Fsp3) is 0.396. The number of nitrogens with zero attached hydrogens (tertiary/aromatic N) is 4. The van der Waals surface area contributed by atoms with Gasteiger partial charge in [-0.05, 0) is 73.4 Å². The molecule has 2 aliphatic heterocycles. The van der Waals surface area contributed by atoms with E-state index >= 15 is 0 Å². The molecule has 0 bridgehead atoms. The minimum Gasteiger partial charge on any atom is -0.445 e. The van der Waals surface area contributed by atoms with Gasteiger partial charge in [-0.15, -0.1) is 0 Å². The lowest BCUT2D eigenvalue weighted by atomic mass is 9.89. The molecule has 1 unspecified atom stereocenters. The molecule has 73 heavy (non-hydrogen) atoms. The zero-order valence-electron chi connectivity index (χ0n) is 42.0. The summed E-state index contributed by atoms with van der Waals surface area (Å²) in [6.07, 6.45) is 2.82. The highest BCUT2D eigenvalue weighted by Gasteiger charge is 2.37. The molecule has 0 saturated carbocycles. The van der Waals surface area contributed by atoms with Crippen LogP contribution in [0.25, 0.3) is 11.1 Å². The van der Waals surface area contributed by atoms with Crippen molar-refractivity contribution >= 4 is 65.1 Å². The van der Waals surface area contributed by atoms with Crippen molar-refractivity contribution in [2.75, 3.05) is 45.6 Å². The number of ether oxygens (including phenoxy) is 2. The Balaban J connectivity index is 1.10. The Morgan fingerprint density at radius 3 is 1.89 bits per heavy atom. The maximum Gasteiger partial charge on any atom is 0.410 e. The monoisotopic (exact) mass is 1000 g/mol. The molecular formula is C53H64N8O12. The van der Waals surface area contributed by atoms with Crippen molar-refractivity contribution in [1.29, 1.82) is 0 Å². The van der Waals surface area contributed by atoms with Crippen LogP contribution >= 0.6 is 0 Å². The third-order valence-electron chi connectivity index (χ3n) is 12.4. The Labute approximate surface area is 424 Å². The lowest BCUT2D eigenvalue weighted by Gasteiger charge is -2.29. The zero-order valence-corrected chi connectivity index (χ0v) is 42.0. The fourth-order valence-electron chi connectivity index (χ4n) is 8.03. The van der Waals surface area contributed by atoms with E-state index < -0.39 is 89.0 Å². The number of imide groups is 2. The van der Waals surface area contributed by atoms with Crippen LogP contribution in [0.1, 0.15) is 70.9 Å². The quantitative estimate of drug-likeness (QED) is 0.0644. The van der Waals surface area contributed by atoms with Crippen molar-refractivity contribution < 1.29 is 57.4 Å². The Morgan fingerprint density at radius 2 is 1.30 bits per heavy atom. The average molecular weight is 1010 g/mol. The molecule has 20 heteroatoms. The van der Waals surface area contributed by atoms with Crippen LogP contribution in [0.5, 0.6) is 0 Å². The number of likely N-dealkylation sites (N-methyl/N-ethyl adjacent to an activating group) is 2. The number of carbonyl (C=O) groups is 10. The molecule has 10 amide bonds. The first-order valence-corrected chi connectivity index (χ1v) is 23.9. The van der Waals surface area contributed by atoms with Gasteiger partial charge in [0.1, 0.15) is 12.2 Å². The third-order valence-corrected chi connectivity index (χ3v) is 12.4. The average Bonchev–Trinajstić information content (AvgIpc) is 3.87. The number of hydrogen-bond acceptors (Lipinski definition) is 12. The highest BCUT2D eigenvalue weighted by Crippen LogP contribution is 2.29. The maximum absolute atomic E-state index is 13.9. The van der Waals surface area contributed by atoms with Gasteiger partial charge in [0.2, 0.25) is 11.8 Å². The fourth-order valence-corrected chi connectivity index (χ4v) is 8.03. The number of primary amides is 1. The van der Waals surface area contributed by atoms with Crippen LogP contribution in [0.15, 0.2) is 103 Å². The molecule has 3 atom stereocenters. The highest BCUT2D eigenvalue weighted by atomic mass is 16.6. The number of ketones is 1. The van der Waals surface area contributed by atoms with Crippen LogP contribution < -0.4 is 21.7 Å². The van der Waals surface area contributed by atoms with Crippen LogP contribution in [0.2, 0.25) is 0 Å². The number of hydrogen-bond donors (Lipinski definition) is 4. The second kappa shape index (κ2) is 25.8. The largest absolute Gasteiger partial charge is 0.445 e. The standard InChI is InChI=1S/C53H64N8O12/c1-34(2)48(57-43(63)23-22-41(61-46(66)26-27-47(61)67)32-60-44(64)24-25-45(60)65)42(62)31-38(13-10-28-55-50(54)69)49(68)56-40-20-14-35(15-21-40)33-72-51(70)58(5)29-30-59(6)52(71)73-53(3,4)39-18-16-37(17-19-39)36-11-8-7-9-12-36/h7-9,11-12,14-21,24-27,34,38,41,48H,10,13,22-23,28-33H2,1-6H3,(H,56,68)(H,57,63)(H3,54,55,69)/t38-,41?,48+/m1/s1. The Morgan fingerprint density at radius 1 is 0.726 bits per heavy atom. The first-order valence-electron chi connectivity index (χ1n) is 23.9. The molecule has 0 spiro atoms. The molecule has 0 radical (unpaired) electrons. The molecule has 0 saturated heterocycles. The summed E-state index contributed by atoms with van der Waals surface area (Å²) < 4.78 is 11.3. The van der Waals surface area contributed by atoms with Gasteiger partial charge in [0.25, 0.3) is 23.6 Å². The molecule has 3 aromatic carbocycles. The number of anilines is 1. The predicted octanol–water partition coefficient (Wildman–Crippen LogP) is 5.03. The van der Waals surface area contributed by atoms with E-state index in [1.807, 2.05) is 68.4 Å². The third kappa shape index (κ3) is 16.2. The summed E-state index contributed by atoms with van der Waals surface area (Å²) in [6.45, 7) is 7.08. The zero-order chi connectivity index (χ0) is 53.4. The Hall–Kier alpha value is -8.16. The molecule has 2 aliphatic rings. The van der Waals surface area contributed by atoms with Crippen molar-refractivity contribution in [3.05, 3.63) is 114 Å². The molecule has 5 N–H and O–H groups in total. The lowest BCUT2D eigenvalue weighted by molar-refractivity contribution is -0.145. The summed E-state index contributed by atoms with van der Waals surface area (Å²) >= 11 is 0. The van der Waals surface area contributed by atoms with Crippen LogP contribution in [0, 0.1) is 11.8 Å². The van der Waals surface area contributed by atoms with Crippen LogP contribution in [0.4, 0.5) is 20.1 Å². The van der Waals surface area contributed by atoms with E-state index in [1.54, 1.807) is 52.2 Å². The first-order chi connectivity index (χ1) is 34.6. The normalized spacial score (nSPS) is 14.5. The van der Waals surface area contributed by atoms with E-state index in [0.29, 0.717) is 11.3 Å². The van der Waals surface area contributed by atoms with E-state index in [1.165, 1.54) is 9.80 Å². The second-order valence-corrected chi connectivity index (χ2v) is 18.7. The Bertz CT molecular complexity index is 2540. The van der Waals surface area contributed by atoms with Crippen LogP contribution in [-0.2, 0) is 55.2 Å². The highest BCUT2D eigenvalue weighted by molar-refractivity contribution is 6.14. The molecule has 5 rings (SSSR count). The number of urea groups is 1. The number of carbonyl (C=O) groups excluding carboxylic acids is 10. The van der Waals surface area contributed by atoms with E-state index in [4.69, 9.17) is 15.2 Å². The van der Waals surface area contributed by atoms with Gasteiger partial charge < -0.3 is 41.0 Å². The van der Waals surface area contributed by atoms with Gasteiger partial charge >= 0.3 is 18.2 Å². The van der Waals surface area contributed by atoms with E-state index in [0.717, 1.165) is 50.8 Å². The summed E-state index contributed by atoms with van der Waals surface area (Å²) in [5, 5.41) is 8.00.